The number of nitrogens with one attached hydrogen (secondary N) is 1. The van der Waals surface area contributed by atoms with Crippen LogP contribution in [0.25, 0.3) is 0 Å². The van der Waals surface area contributed by atoms with Crippen molar-refractivity contribution in [3.63, 3.8) is 0 Å². The Morgan fingerprint density at radius 2 is 1.79 bits per heavy atom. The van der Waals surface area contributed by atoms with Crippen LogP contribution in [0.2, 0.25) is 0 Å². The summed E-state index contributed by atoms with van der Waals surface area (Å²) in [5, 5.41) is 3.33. The van der Waals surface area contributed by atoms with Crippen LogP contribution in [0.15, 0.2) is 0 Å². The number of piperidine rings is 1. The Hall–Kier alpha value is -0.660. The van der Waals surface area contributed by atoms with Crippen molar-refractivity contribution in [1.29, 1.82) is 0 Å². The zero-order valence-electron chi connectivity index (χ0n) is 11.6. The zero-order chi connectivity index (χ0) is 14.0. The van der Waals surface area contributed by atoms with Crippen LogP contribution >= 0.6 is 0 Å². The molecule has 19 heavy (non-hydrogen) atoms. The summed E-state index contributed by atoms with van der Waals surface area (Å²) < 4.78 is 24.3. The van der Waals surface area contributed by atoms with E-state index in [4.69, 9.17) is 0 Å². The molecule has 0 spiro atoms. The third-order valence-electron chi connectivity index (χ3n) is 3.93. The minimum Gasteiger partial charge on any atom is -0.339 e. The molecule has 110 valence electrons. The fourth-order valence-electron chi connectivity index (χ4n) is 2.79. The number of piperazine rings is 1. The highest BCUT2D eigenvalue weighted by atomic mass is 32.2. The molecule has 2 rings (SSSR count). The zero-order valence-corrected chi connectivity index (χ0v) is 12.4. The monoisotopic (exact) mass is 289 g/mol. The first-order valence-corrected chi connectivity index (χ1v) is 8.72. The summed E-state index contributed by atoms with van der Waals surface area (Å²) in [6.07, 6.45) is 4.30. The van der Waals surface area contributed by atoms with Crippen LogP contribution in [-0.2, 0) is 14.8 Å². The van der Waals surface area contributed by atoms with Gasteiger partial charge in [-0.25, -0.2) is 8.42 Å². The van der Waals surface area contributed by atoms with Crippen molar-refractivity contribution in [1.82, 2.24) is 14.5 Å². The molecular weight excluding hydrogens is 266 g/mol. The van der Waals surface area contributed by atoms with Gasteiger partial charge in [0.05, 0.1) is 12.3 Å². The molecule has 2 fully saturated rings. The van der Waals surface area contributed by atoms with E-state index in [0.717, 1.165) is 19.3 Å². The van der Waals surface area contributed by atoms with Crippen molar-refractivity contribution in [3.8, 4) is 0 Å². The second-order valence-corrected chi connectivity index (χ2v) is 7.52. The summed E-state index contributed by atoms with van der Waals surface area (Å²) in [5.74, 6) is 0.125. The van der Waals surface area contributed by atoms with Crippen molar-refractivity contribution in [2.75, 3.05) is 32.4 Å². The number of hydrogen-bond donors (Lipinski definition) is 1. The molecule has 2 saturated heterocycles. The highest BCUT2D eigenvalue weighted by molar-refractivity contribution is 7.88. The lowest BCUT2D eigenvalue weighted by Crippen LogP contribution is -2.56. The largest absolute Gasteiger partial charge is 0.339 e. The molecule has 0 aliphatic carbocycles. The Bertz CT molecular complexity index is 430. The Balaban J connectivity index is 1.89. The smallest absolute Gasteiger partial charge is 0.239 e. The molecule has 2 heterocycles. The van der Waals surface area contributed by atoms with E-state index in [-0.39, 0.29) is 11.9 Å². The third-order valence-corrected chi connectivity index (χ3v) is 5.24. The molecule has 0 radical (unpaired) electrons. The van der Waals surface area contributed by atoms with Gasteiger partial charge >= 0.3 is 0 Å². The van der Waals surface area contributed by atoms with Crippen molar-refractivity contribution in [3.05, 3.63) is 0 Å². The van der Waals surface area contributed by atoms with Crippen LogP contribution in [0.5, 0.6) is 0 Å². The molecule has 0 bridgehead atoms. The van der Waals surface area contributed by atoms with Crippen LogP contribution in [-0.4, -0.2) is 68.0 Å². The van der Waals surface area contributed by atoms with Gasteiger partial charge in [0, 0.05) is 32.2 Å². The predicted molar refractivity (Wildman–Crippen MR) is 73.2 cm³/mol. The molecule has 7 heteroatoms. The maximum atomic E-state index is 12.4. The summed E-state index contributed by atoms with van der Waals surface area (Å²) in [4.78, 5) is 14.1. The Kier molecular flexibility index (Phi) is 4.47. The Labute approximate surface area is 115 Å². The number of carbonyl (C=O) groups excluding carboxylic acids is 1. The molecule has 6 nitrogen and oxygen atoms in total. The highest BCUT2D eigenvalue weighted by Crippen LogP contribution is 2.15. The molecule has 0 aromatic heterocycles. The molecule has 0 saturated carbocycles. The topological polar surface area (TPSA) is 69.7 Å². The third kappa shape index (κ3) is 3.67. The van der Waals surface area contributed by atoms with E-state index in [1.807, 2.05) is 0 Å². The summed E-state index contributed by atoms with van der Waals surface area (Å²) >= 11 is 0. The van der Waals surface area contributed by atoms with Gasteiger partial charge in [0.25, 0.3) is 0 Å². The number of amides is 1. The van der Waals surface area contributed by atoms with Gasteiger partial charge in [0.1, 0.15) is 0 Å². The maximum absolute atomic E-state index is 12.4. The minimum atomic E-state index is -3.13. The normalized spacial score (nSPS) is 30.3. The average Bonchev–Trinajstić information content (AvgIpc) is 2.37. The molecular formula is C12H23N3O3S. The number of sulfonamides is 1. The highest BCUT2D eigenvalue weighted by Gasteiger charge is 2.31. The lowest BCUT2D eigenvalue weighted by Gasteiger charge is -2.37. The van der Waals surface area contributed by atoms with E-state index in [2.05, 4.69) is 12.2 Å². The summed E-state index contributed by atoms with van der Waals surface area (Å²) in [7, 11) is -3.13. The lowest BCUT2D eigenvalue weighted by molar-refractivity contribution is -0.135. The number of carbonyl (C=O) groups is 1. The van der Waals surface area contributed by atoms with Crippen LogP contribution in [0.1, 0.15) is 26.2 Å². The molecule has 0 aromatic rings. The second-order valence-electron chi connectivity index (χ2n) is 5.54. The fraction of sp³-hybridized carbons (Fsp3) is 0.917. The van der Waals surface area contributed by atoms with Gasteiger partial charge in [-0.1, -0.05) is 0 Å². The molecule has 2 aliphatic rings. The average molecular weight is 289 g/mol. The van der Waals surface area contributed by atoms with Gasteiger partial charge in [0.15, 0.2) is 0 Å². The van der Waals surface area contributed by atoms with E-state index >= 15 is 0 Å². The molecule has 1 amide bonds. The number of nitrogens with zero attached hydrogens (tertiary/aromatic N) is 2. The molecule has 1 N–H and O–H groups in total. The SMILES string of the molecule is CC1CCCC(C(=O)N2CCN(S(C)(=O)=O)CC2)N1. The fourth-order valence-corrected chi connectivity index (χ4v) is 3.62. The standard InChI is InChI=1S/C12H23N3O3S/c1-10-4-3-5-11(13-10)12(16)14-6-8-15(9-7-14)19(2,17)18/h10-11,13H,3-9H2,1-2H3. The van der Waals surface area contributed by atoms with Crippen LogP contribution in [0, 0.1) is 0 Å². The molecule has 0 aromatic carbocycles. The first kappa shape index (κ1) is 14.7. The second kappa shape index (κ2) is 5.76. The van der Waals surface area contributed by atoms with Gasteiger partial charge in [0.2, 0.25) is 15.9 Å². The molecule has 2 unspecified atom stereocenters. The van der Waals surface area contributed by atoms with E-state index in [9.17, 15) is 13.2 Å². The first-order chi connectivity index (χ1) is 8.88. The van der Waals surface area contributed by atoms with E-state index in [0.29, 0.717) is 32.2 Å². The summed E-state index contributed by atoms with van der Waals surface area (Å²) in [5.41, 5.74) is 0. The molecule has 2 atom stereocenters. The Morgan fingerprint density at radius 1 is 1.16 bits per heavy atom. The van der Waals surface area contributed by atoms with Gasteiger partial charge in [-0.3, -0.25) is 4.79 Å². The first-order valence-electron chi connectivity index (χ1n) is 6.88. The van der Waals surface area contributed by atoms with Gasteiger partial charge < -0.3 is 10.2 Å². The quantitative estimate of drug-likeness (QED) is 0.752. The van der Waals surface area contributed by atoms with E-state index < -0.39 is 10.0 Å². The van der Waals surface area contributed by atoms with Crippen LogP contribution < -0.4 is 5.32 Å². The number of hydrogen-bond acceptors (Lipinski definition) is 4. The lowest BCUT2D eigenvalue weighted by atomic mass is 9.98. The van der Waals surface area contributed by atoms with Crippen molar-refractivity contribution in [2.45, 2.75) is 38.3 Å². The summed E-state index contributed by atoms with van der Waals surface area (Å²) in [6.45, 7) is 3.91. The minimum absolute atomic E-state index is 0.0893. The van der Waals surface area contributed by atoms with Crippen LogP contribution in [0.3, 0.4) is 0 Å². The number of rotatable bonds is 2. The summed E-state index contributed by atoms with van der Waals surface area (Å²) in [6, 6.07) is 0.300. The van der Waals surface area contributed by atoms with Gasteiger partial charge in [-0.05, 0) is 26.2 Å². The van der Waals surface area contributed by atoms with Crippen molar-refractivity contribution < 1.29 is 13.2 Å². The van der Waals surface area contributed by atoms with Gasteiger partial charge in [-0.2, -0.15) is 4.31 Å². The Morgan fingerprint density at radius 3 is 2.32 bits per heavy atom. The van der Waals surface area contributed by atoms with Gasteiger partial charge in [-0.15, -0.1) is 0 Å². The van der Waals surface area contributed by atoms with E-state index in [1.165, 1.54) is 10.6 Å². The van der Waals surface area contributed by atoms with Crippen molar-refractivity contribution >= 4 is 15.9 Å². The van der Waals surface area contributed by atoms with E-state index in [1.54, 1.807) is 4.90 Å². The maximum Gasteiger partial charge on any atom is 0.239 e. The van der Waals surface area contributed by atoms with Crippen molar-refractivity contribution in [2.24, 2.45) is 0 Å². The van der Waals surface area contributed by atoms with Crippen LogP contribution in [0.4, 0.5) is 0 Å². The predicted octanol–water partition coefficient (Wildman–Crippen LogP) is -0.379. The molecule has 2 aliphatic heterocycles.